The first-order chi connectivity index (χ1) is 13.5. The van der Waals surface area contributed by atoms with Crippen molar-refractivity contribution in [1.82, 2.24) is 4.90 Å². The molecule has 0 fully saturated rings. The Hall–Kier alpha value is -2.92. The number of rotatable bonds is 4. The summed E-state index contributed by atoms with van der Waals surface area (Å²) >= 11 is 0. The van der Waals surface area contributed by atoms with E-state index in [1.807, 2.05) is 50.2 Å². The molecule has 1 aromatic heterocycles. The van der Waals surface area contributed by atoms with Crippen LogP contribution in [0.4, 0.5) is 0 Å². The molecule has 0 spiro atoms. The monoisotopic (exact) mass is 377 g/mol. The van der Waals surface area contributed by atoms with E-state index in [4.69, 9.17) is 4.42 Å². The summed E-state index contributed by atoms with van der Waals surface area (Å²) in [7, 11) is 0. The molecular formula is C23H23NO4. The predicted octanol–water partition coefficient (Wildman–Crippen LogP) is 3.51. The Balaban J connectivity index is 2.00. The number of β-amino-alcohol motifs (C(OH)–C–C–N with tert-alkyl or cyclic N) is 1. The van der Waals surface area contributed by atoms with Crippen LogP contribution in [-0.2, 0) is 6.42 Å². The average Bonchev–Trinajstić information content (AvgIpc) is 2.96. The van der Waals surface area contributed by atoms with Crippen LogP contribution in [0.15, 0.2) is 45.6 Å². The highest BCUT2D eigenvalue weighted by Gasteiger charge is 2.42. The minimum Gasteiger partial charge on any atom is -0.450 e. The Morgan fingerprint density at radius 1 is 1.11 bits per heavy atom. The maximum atomic E-state index is 13.4. The summed E-state index contributed by atoms with van der Waals surface area (Å²) in [6.45, 7) is 5.83. The molecule has 0 bridgehead atoms. The molecule has 144 valence electrons. The van der Waals surface area contributed by atoms with E-state index in [1.54, 1.807) is 0 Å². The number of hydrogen-bond acceptors (Lipinski definition) is 4. The van der Waals surface area contributed by atoms with Crippen molar-refractivity contribution >= 4 is 16.9 Å². The van der Waals surface area contributed by atoms with Crippen molar-refractivity contribution in [2.24, 2.45) is 0 Å². The van der Waals surface area contributed by atoms with E-state index >= 15 is 0 Å². The number of fused-ring (bicyclic) bond motifs is 2. The number of amides is 1. The third kappa shape index (κ3) is 2.74. The fraction of sp³-hybridized carbons (Fsp3) is 0.304. The zero-order valence-electron chi connectivity index (χ0n) is 16.3. The van der Waals surface area contributed by atoms with Crippen molar-refractivity contribution < 1.29 is 14.3 Å². The molecule has 1 atom stereocenters. The smallest absolute Gasteiger partial charge is 0.290 e. The van der Waals surface area contributed by atoms with Gasteiger partial charge < -0.3 is 14.4 Å². The van der Waals surface area contributed by atoms with Gasteiger partial charge in [-0.3, -0.25) is 9.59 Å². The molecule has 5 nitrogen and oxygen atoms in total. The molecule has 1 aliphatic rings. The molecule has 2 heterocycles. The third-order valence-electron chi connectivity index (χ3n) is 5.44. The normalized spacial score (nSPS) is 16.1. The first kappa shape index (κ1) is 18.4. The quantitative estimate of drug-likeness (QED) is 0.755. The second kappa shape index (κ2) is 6.91. The molecule has 1 aliphatic heterocycles. The van der Waals surface area contributed by atoms with Gasteiger partial charge in [-0.2, -0.15) is 0 Å². The van der Waals surface area contributed by atoms with Crippen LogP contribution < -0.4 is 5.43 Å². The molecule has 1 N–H and O–H groups in total. The highest BCUT2D eigenvalue weighted by atomic mass is 16.3. The van der Waals surface area contributed by atoms with E-state index in [1.165, 1.54) is 10.5 Å². The minimum atomic E-state index is -0.554. The molecule has 1 amide bonds. The SMILES string of the molecule is CCc1ccc([C@H]2c3c(oc4c(C)cc(C)cc4c3=O)C(=O)N2CCO)cc1. The molecular weight excluding hydrogens is 354 g/mol. The van der Waals surface area contributed by atoms with Crippen molar-refractivity contribution in [2.75, 3.05) is 13.2 Å². The van der Waals surface area contributed by atoms with Gasteiger partial charge in [-0.25, -0.2) is 0 Å². The Morgan fingerprint density at radius 2 is 1.82 bits per heavy atom. The zero-order valence-corrected chi connectivity index (χ0v) is 16.3. The Kier molecular flexibility index (Phi) is 4.55. The summed E-state index contributed by atoms with van der Waals surface area (Å²) in [5.74, 6) is -0.268. The number of aryl methyl sites for hydroxylation is 3. The largest absolute Gasteiger partial charge is 0.450 e. The summed E-state index contributed by atoms with van der Waals surface area (Å²) in [6.07, 6.45) is 0.909. The standard InChI is InChI=1S/C23H23NO4/c1-4-15-5-7-16(8-6-15)19-18-20(26)17-12-13(2)11-14(3)21(17)28-22(18)23(27)24(19)9-10-25/h5-8,11-12,19,25H,4,9-10H2,1-3H3/t19-/m0/s1. The molecule has 0 unspecified atom stereocenters. The van der Waals surface area contributed by atoms with Crippen LogP contribution in [0, 0.1) is 13.8 Å². The lowest BCUT2D eigenvalue weighted by atomic mass is 9.96. The van der Waals surface area contributed by atoms with Gasteiger partial charge in [0.25, 0.3) is 5.91 Å². The minimum absolute atomic E-state index is 0.0856. The Morgan fingerprint density at radius 3 is 2.46 bits per heavy atom. The van der Waals surface area contributed by atoms with Crippen LogP contribution in [0.2, 0.25) is 0 Å². The number of aliphatic hydroxyl groups is 1. The lowest BCUT2D eigenvalue weighted by molar-refractivity contribution is 0.0691. The fourth-order valence-corrected chi connectivity index (χ4v) is 4.10. The van der Waals surface area contributed by atoms with Crippen molar-refractivity contribution in [3.8, 4) is 0 Å². The molecule has 28 heavy (non-hydrogen) atoms. The molecule has 5 heteroatoms. The van der Waals surface area contributed by atoms with E-state index in [-0.39, 0.29) is 30.2 Å². The first-order valence-electron chi connectivity index (χ1n) is 9.54. The molecule has 4 rings (SSSR count). The van der Waals surface area contributed by atoms with E-state index in [0.29, 0.717) is 16.5 Å². The predicted molar refractivity (Wildman–Crippen MR) is 108 cm³/mol. The van der Waals surface area contributed by atoms with Gasteiger partial charge in [0.15, 0.2) is 5.43 Å². The van der Waals surface area contributed by atoms with Crippen molar-refractivity contribution in [1.29, 1.82) is 0 Å². The Labute approximate surface area is 163 Å². The van der Waals surface area contributed by atoms with Gasteiger partial charge in [0.2, 0.25) is 5.76 Å². The van der Waals surface area contributed by atoms with Crippen LogP contribution in [0.3, 0.4) is 0 Å². The molecule has 0 aliphatic carbocycles. The van der Waals surface area contributed by atoms with E-state index in [0.717, 1.165) is 23.1 Å². The molecule has 0 saturated carbocycles. The molecule has 2 aromatic carbocycles. The van der Waals surface area contributed by atoms with Gasteiger partial charge in [0, 0.05) is 6.54 Å². The number of carbonyl (C=O) groups excluding carboxylic acids is 1. The highest BCUT2D eigenvalue weighted by Crippen LogP contribution is 2.38. The van der Waals surface area contributed by atoms with Gasteiger partial charge in [-0.05, 0) is 48.6 Å². The summed E-state index contributed by atoms with van der Waals surface area (Å²) in [4.78, 5) is 28.0. The van der Waals surface area contributed by atoms with Gasteiger partial charge in [0.05, 0.1) is 23.6 Å². The first-order valence-corrected chi connectivity index (χ1v) is 9.54. The van der Waals surface area contributed by atoms with Crippen molar-refractivity contribution in [3.05, 3.63) is 80.2 Å². The Bertz CT molecular complexity index is 1130. The second-order valence-corrected chi connectivity index (χ2v) is 7.35. The van der Waals surface area contributed by atoms with Gasteiger partial charge in [0.1, 0.15) is 5.58 Å². The number of benzene rings is 2. The number of aliphatic hydroxyl groups excluding tert-OH is 1. The lowest BCUT2D eigenvalue weighted by Gasteiger charge is -2.24. The van der Waals surface area contributed by atoms with Crippen LogP contribution in [0.5, 0.6) is 0 Å². The van der Waals surface area contributed by atoms with Gasteiger partial charge >= 0.3 is 0 Å². The topological polar surface area (TPSA) is 70.8 Å². The summed E-state index contributed by atoms with van der Waals surface area (Å²) in [6, 6.07) is 11.1. The fourth-order valence-electron chi connectivity index (χ4n) is 4.10. The maximum Gasteiger partial charge on any atom is 0.290 e. The van der Waals surface area contributed by atoms with Crippen LogP contribution in [0.25, 0.3) is 11.0 Å². The van der Waals surface area contributed by atoms with Gasteiger partial charge in [-0.1, -0.05) is 37.3 Å². The molecule has 0 saturated heterocycles. The molecule has 0 radical (unpaired) electrons. The maximum absolute atomic E-state index is 13.4. The number of hydrogen-bond donors (Lipinski definition) is 1. The van der Waals surface area contributed by atoms with E-state index < -0.39 is 6.04 Å². The number of carbonyl (C=O) groups is 1. The molecule has 3 aromatic rings. The van der Waals surface area contributed by atoms with E-state index in [9.17, 15) is 14.7 Å². The zero-order chi connectivity index (χ0) is 20.0. The summed E-state index contributed by atoms with van der Waals surface area (Å²) in [5, 5.41) is 10.00. The van der Waals surface area contributed by atoms with Crippen LogP contribution in [-0.4, -0.2) is 29.1 Å². The summed E-state index contributed by atoms with van der Waals surface area (Å²) < 4.78 is 5.98. The lowest BCUT2D eigenvalue weighted by Crippen LogP contribution is -2.32. The van der Waals surface area contributed by atoms with Crippen molar-refractivity contribution in [3.63, 3.8) is 0 Å². The van der Waals surface area contributed by atoms with Crippen LogP contribution >= 0.6 is 0 Å². The van der Waals surface area contributed by atoms with Crippen LogP contribution in [0.1, 0.15) is 51.3 Å². The van der Waals surface area contributed by atoms with E-state index in [2.05, 4.69) is 6.92 Å². The summed E-state index contributed by atoms with van der Waals surface area (Å²) in [5.41, 5.74) is 4.45. The average molecular weight is 377 g/mol. The van der Waals surface area contributed by atoms with Crippen molar-refractivity contribution in [2.45, 2.75) is 33.2 Å². The highest BCUT2D eigenvalue weighted by molar-refractivity contribution is 5.99. The van der Waals surface area contributed by atoms with Gasteiger partial charge in [-0.15, -0.1) is 0 Å². The third-order valence-corrected chi connectivity index (χ3v) is 5.44. The number of nitrogens with zero attached hydrogens (tertiary/aromatic N) is 1. The second-order valence-electron chi connectivity index (χ2n) is 7.35.